The van der Waals surface area contributed by atoms with Gasteiger partial charge in [-0.1, -0.05) is 12.1 Å². The molecule has 0 aliphatic carbocycles. The van der Waals surface area contributed by atoms with Crippen LogP contribution < -0.4 is 5.73 Å². The summed E-state index contributed by atoms with van der Waals surface area (Å²) < 4.78 is 1.63. The van der Waals surface area contributed by atoms with E-state index in [2.05, 4.69) is 5.10 Å². The van der Waals surface area contributed by atoms with Crippen molar-refractivity contribution < 1.29 is 4.79 Å². The number of nitrogen functional groups attached to an aromatic ring is 1. The van der Waals surface area contributed by atoms with Crippen molar-refractivity contribution in [2.45, 2.75) is 6.92 Å². The summed E-state index contributed by atoms with van der Waals surface area (Å²) in [7, 11) is 1.79. The van der Waals surface area contributed by atoms with Crippen molar-refractivity contribution in [2.75, 3.05) is 5.73 Å². The number of ketones is 1. The van der Waals surface area contributed by atoms with Crippen LogP contribution in [0.4, 0.5) is 5.69 Å². The first kappa shape index (κ1) is 10.4. The molecule has 0 unspecified atom stereocenters. The minimum absolute atomic E-state index is 0.0436. The van der Waals surface area contributed by atoms with Crippen LogP contribution in [0.3, 0.4) is 0 Å². The summed E-state index contributed by atoms with van der Waals surface area (Å²) in [6, 6.07) is 6.96. The molecule has 1 aromatic carbocycles. The van der Waals surface area contributed by atoms with Crippen molar-refractivity contribution >= 4 is 11.5 Å². The molecule has 1 heterocycles. The Morgan fingerprint density at radius 1 is 1.44 bits per heavy atom. The van der Waals surface area contributed by atoms with Crippen LogP contribution in [0.1, 0.15) is 21.6 Å². The molecule has 0 radical (unpaired) electrons. The van der Waals surface area contributed by atoms with Gasteiger partial charge >= 0.3 is 0 Å². The highest BCUT2D eigenvalue weighted by atomic mass is 16.1. The van der Waals surface area contributed by atoms with Gasteiger partial charge < -0.3 is 5.73 Å². The first-order valence-corrected chi connectivity index (χ1v) is 4.98. The zero-order chi connectivity index (χ0) is 11.7. The van der Waals surface area contributed by atoms with Crippen LogP contribution in [0.2, 0.25) is 0 Å². The lowest BCUT2D eigenvalue weighted by Crippen LogP contribution is -2.02. The fourth-order valence-corrected chi connectivity index (χ4v) is 1.66. The van der Waals surface area contributed by atoms with E-state index in [0.29, 0.717) is 16.8 Å². The summed E-state index contributed by atoms with van der Waals surface area (Å²) in [6.45, 7) is 1.82. The van der Waals surface area contributed by atoms with Gasteiger partial charge in [-0.15, -0.1) is 0 Å². The molecule has 4 nitrogen and oxygen atoms in total. The van der Waals surface area contributed by atoms with E-state index in [1.54, 1.807) is 42.2 Å². The summed E-state index contributed by atoms with van der Waals surface area (Å²) in [6.07, 6.45) is 1.72. The van der Waals surface area contributed by atoms with Gasteiger partial charge in [-0.05, 0) is 19.1 Å². The minimum atomic E-state index is -0.0436. The SMILES string of the molecule is Cc1nn(C)cc1C(=O)c1cccc(N)c1. The first-order valence-electron chi connectivity index (χ1n) is 4.98. The molecule has 0 saturated heterocycles. The number of aryl methyl sites for hydroxylation is 2. The van der Waals surface area contributed by atoms with E-state index in [0.717, 1.165) is 5.69 Å². The van der Waals surface area contributed by atoms with Crippen LogP contribution in [0.5, 0.6) is 0 Å². The molecule has 0 saturated carbocycles. The van der Waals surface area contributed by atoms with Gasteiger partial charge in [0.15, 0.2) is 5.78 Å². The highest BCUT2D eigenvalue weighted by molar-refractivity contribution is 6.09. The van der Waals surface area contributed by atoms with Crippen LogP contribution in [-0.2, 0) is 7.05 Å². The summed E-state index contributed by atoms with van der Waals surface area (Å²) in [5, 5.41) is 4.14. The highest BCUT2D eigenvalue weighted by Crippen LogP contribution is 2.14. The zero-order valence-corrected chi connectivity index (χ0v) is 9.27. The molecule has 0 aliphatic rings. The molecular weight excluding hydrogens is 202 g/mol. The Kier molecular flexibility index (Phi) is 2.48. The fourth-order valence-electron chi connectivity index (χ4n) is 1.66. The number of nitrogens with zero attached hydrogens (tertiary/aromatic N) is 2. The van der Waals surface area contributed by atoms with Crippen molar-refractivity contribution in [1.29, 1.82) is 0 Å². The normalized spacial score (nSPS) is 10.4. The highest BCUT2D eigenvalue weighted by Gasteiger charge is 2.14. The van der Waals surface area contributed by atoms with Crippen molar-refractivity contribution in [1.82, 2.24) is 9.78 Å². The molecule has 0 fully saturated rings. The smallest absolute Gasteiger partial charge is 0.196 e. The summed E-state index contributed by atoms with van der Waals surface area (Å²) in [4.78, 5) is 12.1. The van der Waals surface area contributed by atoms with Crippen molar-refractivity contribution in [3.05, 3.63) is 47.3 Å². The lowest BCUT2D eigenvalue weighted by atomic mass is 10.0. The quantitative estimate of drug-likeness (QED) is 0.610. The predicted octanol–water partition coefficient (Wildman–Crippen LogP) is 1.54. The number of anilines is 1. The largest absolute Gasteiger partial charge is 0.399 e. The molecule has 1 aromatic heterocycles. The number of hydrogen-bond acceptors (Lipinski definition) is 3. The number of rotatable bonds is 2. The van der Waals surface area contributed by atoms with Crippen LogP contribution in [0, 0.1) is 6.92 Å². The molecule has 0 atom stereocenters. The van der Waals surface area contributed by atoms with E-state index in [1.807, 2.05) is 6.92 Å². The van der Waals surface area contributed by atoms with E-state index >= 15 is 0 Å². The maximum absolute atomic E-state index is 12.1. The molecule has 4 heteroatoms. The van der Waals surface area contributed by atoms with E-state index in [4.69, 9.17) is 5.73 Å². The molecule has 0 amide bonds. The van der Waals surface area contributed by atoms with E-state index in [-0.39, 0.29) is 5.78 Å². The second-order valence-electron chi connectivity index (χ2n) is 3.76. The zero-order valence-electron chi connectivity index (χ0n) is 9.27. The molecule has 2 rings (SSSR count). The van der Waals surface area contributed by atoms with Crippen molar-refractivity contribution in [3.8, 4) is 0 Å². The second kappa shape index (κ2) is 3.81. The van der Waals surface area contributed by atoms with Crippen LogP contribution in [0.15, 0.2) is 30.5 Å². The van der Waals surface area contributed by atoms with Gasteiger partial charge in [-0.2, -0.15) is 5.10 Å². The van der Waals surface area contributed by atoms with Gasteiger partial charge in [0.1, 0.15) is 0 Å². The Bertz CT molecular complexity index is 543. The van der Waals surface area contributed by atoms with Crippen LogP contribution in [-0.4, -0.2) is 15.6 Å². The fraction of sp³-hybridized carbons (Fsp3) is 0.167. The maximum atomic E-state index is 12.1. The van der Waals surface area contributed by atoms with E-state index < -0.39 is 0 Å². The molecule has 2 N–H and O–H groups in total. The number of nitrogens with two attached hydrogens (primary N) is 1. The number of benzene rings is 1. The van der Waals surface area contributed by atoms with Crippen LogP contribution in [0.25, 0.3) is 0 Å². The topological polar surface area (TPSA) is 60.9 Å². The van der Waals surface area contributed by atoms with Gasteiger partial charge in [0, 0.05) is 24.5 Å². The number of hydrogen-bond donors (Lipinski definition) is 1. The molecule has 0 aliphatic heterocycles. The lowest BCUT2D eigenvalue weighted by molar-refractivity contribution is 0.103. The molecule has 0 spiro atoms. The third kappa shape index (κ3) is 1.82. The van der Waals surface area contributed by atoms with Crippen molar-refractivity contribution in [3.63, 3.8) is 0 Å². The molecule has 16 heavy (non-hydrogen) atoms. The molecular formula is C12H13N3O. The molecule has 82 valence electrons. The van der Waals surface area contributed by atoms with Gasteiger partial charge in [0.25, 0.3) is 0 Å². The third-order valence-electron chi connectivity index (χ3n) is 2.41. The monoisotopic (exact) mass is 215 g/mol. The number of aromatic nitrogens is 2. The Balaban J connectivity index is 2.43. The average molecular weight is 215 g/mol. The summed E-state index contributed by atoms with van der Waals surface area (Å²) in [5.41, 5.74) is 8.18. The Morgan fingerprint density at radius 3 is 2.75 bits per heavy atom. The Hall–Kier alpha value is -2.10. The van der Waals surface area contributed by atoms with E-state index in [9.17, 15) is 4.79 Å². The molecule has 2 aromatic rings. The number of carbonyl (C=O) groups is 1. The Labute approximate surface area is 93.7 Å². The first-order chi connectivity index (χ1) is 7.58. The minimum Gasteiger partial charge on any atom is -0.399 e. The summed E-state index contributed by atoms with van der Waals surface area (Å²) in [5.74, 6) is -0.0436. The van der Waals surface area contributed by atoms with Crippen molar-refractivity contribution in [2.24, 2.45) is 7.05 Å². The van der Waals surface area contributed by atoms with Gasteiger partial charge in [-0.25, -0.2) is 0 Å². The number of carbonyl (C=O) groups excluding carboxylic acids is 1. The van der Waals surface area contributed by atoms with Gasteiger partial charge in [0.2, 0.25) is 0 Å². The van der Waals surface area contributed by atoms with Crippen LogP contribution >= 0.6 is 0 Å². The molecule has 0 bridgehead atoms. The maximum Gasteiger partial charge on any atom is 0.196 e. The Morgan fingerprint density at radius 2 is 2.19 bits per heavy atom. The predicted molar refractivity (Wildman–Crippen MR) is 62.2 cm³/mol. The average Bonchev–Trinajstić information content (AvgIpc) is 2.57. The van der Waals surface area contributed by atoms with Gasteiger partial charge in [0.05, 0.1) is 11.3 Å². The second-order valence-corrected chi connectivity index (χ2v) is 3.76. The summed E-state index contributed by atoms with van der Waals surface area (Å²) >= 11 is 0. The third-order valence-corrected chi connectivity index (χ3v) is 2.41. The lowest BCUT2D eigenvalue weighted by Gasteiger charge is -2.00. The van der Waals surface area contributed by atoms with E-state index in [1.165, 1.54) is 0 Å². The van der Waals surface area contributed by atoms with Gasteiger partial charge in [-0.3, -0.25) is 9.48 Å². The standard InChI is InChI=1S/C12H13N3O/c1-8-11(7-15(2)14-8)12(16)9-4-3-5-10(13)6-9/h3-7H,13H2,1-2H3.